The van der Waals surface area contributed by atoms with Crippen LogP contribution in [0.5, 0.6) is 11.5 Å². The summed E-state index contributed by atoms with van der Waals surface area (Å²) in [5.41, 5.74) is 7.07. The maximum Gasteiger partial charge on any atom is 0.231 e. The first-order chi connectivity index (χ1) is 9.24. The topological polar surface area (TPSA) is 82.3 Å². The van der Waals surface area contributed by atoms with Crippen molar-refractivity contribution in [3.05, 3.63) is 36.0 Å². The van der Waals surface area contributed by atoms with Crippen LogP contribution in [-0.2, 0) is 0 Å². The molecule has 1 aliphatic rings. The fourth-order valence-electron chi connectivity index (χ4n) is 1.73. The molecule has 0 unspecified atom stereocenters. The Balaban J connectivity index is 1.91. The summed E-state index contributed by atoms with van der Waals surface area (Å²) in [7, 11) is 0. The molecule has 1 aromatic carbocycles. The van der Waals surface area contributed by atoms with Crippen molar-refractivity contribution in [2.24, 2.45) is 5.73 Å². The molecular formula is C12H10N4O2S. The van der Waals surface area contributed by atoms with Gasteiger partial charge in [-0.05, 0) is 18.2 Å². The molecule has 2 aromatic rings. The number of nitrogens with two attached hydrogens (primary N) is 1. The van der Waals surface area contributed by atoms with Crippen molar-refractivity contribution in [3.63, 3.8) is 0 Å². The highest BCUT2D eigenvalue weighted by Gasteiger charge is 2.14. The molecule has 2 heterocycles. The molecule has 0 bridgehead atoms. The van der Waals surface area contributed by atoms with Crippen molar-refractivity contribution in [3.8, 4) is 11.5 Å². The minimum absolute atomic E-state index is 0.238. The molecule has 0 spiro atoms. The molecule has 1 aromatic heterocycles. The van der Waals surface area contributed by atoms with E-state index in [4.69, 9.17) is 27.4 Å². The van der Waals surface area contributed by atoms with E-state index in [1.165, 1.54) is 0 Å². The summed E-state index contributed by atoms with van der Waals surface area (Å²) >= 11 is 4.97. The van der Waals surface area contributed by atoms with E-state index in [0.717, 1.165) is 11.4 Å². The number of rotatable bonds is 3. The fraction of sp³-hybridized carbons (Fsp3) is 0.0833. The number of ether oxygens (including phenoxy) is 2. The molecule has 0 saturated carbocycles. The predicted octanol–water partition coefficient (Wildman–Crippen LogP) is 1.58. The second kappa shape index (κ2) is 4.69. The van der Waals surface area contributed by atoms with Gasteiger partial charge in [-0.15, -0.1) is 5.10 Å². The Morgan fingerprint density at radius 3 is 2.95 bits per heavy atom. The lowest BCUT2D eigenvalue weighted by Gasteiger charge is -2.09. The van der Waals surface area contributed by atoms with Gasteiger partial charge in [0.2, 0.25) is 6.79 Å². The van der Waals surface area contributed by atoms with E-state index < -0.39 is 0 Å². The summed E-state index contributed by atoms with van der Waals surface area (Å²) in [6.45, 7) is 0.238. The van der Waals surface area contributed by atoms with Crippen LogP contribution >= 0.6 is 12.2 Å². The van der Waals surface area contributed by atoms with Gasteiger partial charge in [0.1, 0.15) is 4.99 Å². The maximum absolute atomic E-state index is 5.64. The molecule has 7 heteroatoms. The monoisotopic (exact) mass is 274 g/mol. The average molecular weight is 274 g/mol. The quantitative estimate of drug-likeness (QED) is 0.822. The maximum atomic E-state index is 5.64. The van der Waals surface area contributed by atoms with Crippen molar-refractivity contribution >= 4 is 28.7 Å². The zero-order valence-corrected chi connectivity index (χ0v) is 10.6. The van der Waals surface area contributed by atoms with E-state index in [0.29, 0.717) is 17.1 Å². The summed E-state index contributed by atoms with van der Waals surface area (Å²) < 4.78 is 10.6. The zero-order valence-electron chi connectivity index (χ0n) is 9.79. The molecule has 19 heavy (non-hydrogen) atoms. The highest BCUT2D eigenvalue weighted by atomic mass is 32.1. The lowest BCUT2D eigenvalue weighted by Crippen LogP contribution is -2.13. The number of thiocarbonyl (C=S) groups is 1. The number of aromatic nitrogens is 2. The molecule has 6 nitrogen and oxygen atoms in total. The third kappa shape index (κ3) is 2.27. The zero-order chi connectivity index (χ0) is 13.2. The molecule has 0 radical (unpaired) electrons. The molecule has 3 N–H and O–H groups in total. The van der Waals surface area contributed by atoms with E-state index in [2.05, 4.69) is 15.5 Å². The first-order valence-electron chi connectivity index (χ1n) is 5.52. The first-order valence-corrected chi connectivity index (χ1v) is 5.93. The number of nitrogens with one attached hydrogen (secondary N) is 1. The van der Waals surface area contributed by atoms with Gasteiger partial charge in [0.25, 0.3) is 0 Å². The minimum Gasteiger partial charge on any atom is -0.454 e. The van der Waals surface area contributed by atoms with Gasteiger partial charge >= 0.3 is 0 Å². The van der Waals surface area contributed by atoms with E-state index >= 15 is 0 Å². The highest BCUT2D eigenvalue weighted by molar-refractivity contribution is 7.80. The molecule has 1 aliphatic heterocycles. The second-order valence-electron chi connectivity index (χ2n) is 3.85. The van der Waals surface area contributed by atoms with Gasteiger partial charge < -0.3 is 20.5 Å². The van der Waals surface area contributed by atoms with Gasteiger partial charge in [-0.25, -0.2) is 0 Å². The molecule has 0 fully saturated rings. The standard InChI is InChI=1S/C12H10N4O2S/c13-11(19)8-3-4-14-16-12(8)15-7-1-2-9-10(5-7)18-6-17-9/h1-5H,6H2,(H2,13,19)(H,15,16). The summed E-state index contributed by atoms with van der Waals surface area (Å²) in [6.07, 6.45) is 1.54. The molecule has 96 valence electrons. The van der Waals surface area contributed by atoms with Crippen LogP contribution < -0.4 is 20.5 Å². The van der Waals surface area contributed by atoms with Gasteiger partial charge in [-0.3, -0.25) is 0 Å². The minimum atomic E-state index is 0.238. The van der Waals surface area contributed by atoms with Crippen molar-refractivity contribution < 1.29 is 9.47 Å². The molecule has 0 aliphatic carbocycles. The van der Waals surface area contributed by atoms with Gasteiger partial charge in [0.15, 0.2) is 17.3 Å². The summed E-state index contributed by atoms with van der Waals surface area (Å²) in [6, 6.07) is 7.21. The molecule has 3 rings (SSSR count). The van der Waals surface area contributed by atoms with E-state index in [1.807, 2.05) is 18.2 Å². The Bertz CT molecular complexity index is 647. The second-order valence-corrected chi connectivity index (χ2v) is 4.29. The Hall–Kier alpha value is -2.41. The Kier molecular flexibility index (Phi) is 2.88. The lowest BCUT2D eigenvalue weighted by atomic mass is 10.2. The van der Waals surface area contributed by atoms with Crippen LogP contribution in [0.15, 0.2) is 30.5 Å². The van der Waals surface area contributed by atoms with E-state index in [1.54, 1.807) is 12.3 Å². The average Bonchev–Trinajstić information content (AvgIpc) is 2.86. The van der Waals surface area contributed by atoms with Crippen LogP contribution in [0.4, 0.5) is 11.5 Å². The van der Waals surface area contributed by atoms with Gasteiger partial charge in [-0.2, -0.15) is 5.10 Å². The van der Waals surface area contributed by atoms with Crippen molar-refractivity contribution in [2.75, 3.05) is 12.1 Å². The van der Waals surface area contributed by atoms with E-state index in [9.17, 15) is 0 Å². The number of nitrogens with zero attached hydrogens (tertiary/aromatic N) is 2. The molecular weight excluding hydrogens is 264 g/mol. The van der Waals surface area contributed by atoms with Crippen LogP contribution in [0.3, 0.4) is 0 Å². The Morgan fingerprint density at radius 2 is 2.11 bits per heavy atom. The predicted molar refractivity (Wildman–Crippen MR) is 73.8 cm³/mol. The van der Waals surface area contributed by atoms with E-state index in [-0.39, 0.29) is 11.8 Å². The van der Waals surface area contributed by atoms with Crippen molar-refractivity contribution in [1.29, 1.82) is 0 Å². The highest BCUT2D eigenvalue weighted by Crippen LogP contribution is 2.35. The number of hydrogen-bond donors (Lipinski definition) is 2. The largest absolute Gasteiger partial charge is 0.454 e. The third-order valence-corrected chi connectivity index (χ3v) is 2.84. The van der Waals surface area contributed by atoms with Gasteiger partial charge in [-0.1, -0.05) is 12.2 Å². The summed E-state index contributed by atoms with van der Waals surface area (Å²) in [4.78, 5) is 0.262. The van der Waals surface area contributed by atoms with Crippen LogP contribution in [-0.4, -0.2) is 22.0 Å². The van der Waals surface area contributed by atoms with Gasteiger partial charge in [0.05, 0.1) is 11.8 Å². The number of benzene rings is 1. The number of anilines is 2. The summed E-state index contributed by atoms with van der Waals surface area (Å²) in [5.74, 6) is 1.92. The van der Waals surface area contributed by atoms with Gasteiger partial charge in [0, 0.05) is 11.8 Å². The van der Waals surface area contributed by atoms with Crippen LogP contribution in [0.25, 0.3) is 0 Å². The van der Waals surface area contributed by atoms with Crippen LogP contribution in [0.2, 0.25) is 0 Å². The first kappa shape index (κ1) is 11.7. The Labute approximate surface area is 114 Å². The molecule has 0 saturated heterocycles. The third-order valence-electron chi connectivity index (χ3n) is 2.62. The SMILES string of the molecule is NC(=S)c1ccnnc1Nc1ccc2c(c1)OCO2. The molecule has 0 atom stereocenters. The smallest absolute Gasteiger partial charge is 0.231 e. The normalized spacial score (nSPS) is 12.2. The number of hydrogen-bond acceptors (Lipinski definition) is 6. The summed E-state index contributed by atoms with van der Waals surface area (Å²) in [5, 5.41) is 10.9. The van der Waals surface area contributed by atoms with Crippen molar-refractivity contribution in [1.82, 2.24) is 10.2 Å². The lowest BCUT2D eigenvalue weighted by molar-refractivity contribution is 0.174. The fourth-order valence-corrected chi connectivity index (χ4v) is 1.90. The Morgan fingerprint density at radius 1 is 1.26 bits per heavy atom. The molecule has 0 amide bonds. The van der Waals surface area contributed by atoms with Crippen LogP contribution in [0.1, 0.15) is 5.56 Å². The van der Waals surface area contributed by atoms with Crippen LogP contribution in [0, 0.1) is 0 Å². The van der Waals surface area contributed by atoms with Crippen molar-refractivity contribution in [2.45, 2.75) is 0 Å². The number of fused-ring (bicyclic) bond motifs is 1.